The average Bonchev–Trinajstić information content (AvgIpc) is 3.10. The number of nitrogens with zero attached hydrogens (tertiary/aromatic N) is 3. The van der Waals surface area contributed by atoms with Crippen LogP contribution in [0.15, 0.2) is 54.9 Å². The van der Waals surface area contributed by atoms with Crippen LogP contribution in [0.2, 0.25) is 0 Å². The molecule has 9 nitrogen and oxygen atoms in total. The number of phenols is 1. The van der Waals surface area contributed by atoms with E-state index in [1.807, 2.05) is 24.3 Å². The van der Waals surface area contributed by atoms with Crippen LogP contribution in [0.25, 0.3) is 22.0 Å². The fraction of sp³-hybridized carbons (Fsp3) is 0.0526. The number of aromatic hydroxyl groups is 1. The van der Waals surface area contributed by atoms with Gasteiger partial charge >= 0.3 is 0 Å². The van der Waals surface area contributed by atoms with Crippen molar-refractivity contribution >= 4 is 34.3 Å². The Balaban J connectivity index is 0.000000516. The summed E-state index contributed by atoms with van der Waals surface area (Å²) < 4.78 is 0. The Kier molecular flexibility index (Phi) is 5.35. The van der Waals surface area contributed by atoms with Crippen LogP contribution in [-0.4, -0.2) is 36.3 Å². The molecule has 0 radical (unpaired) electrons. The van der Waals surface area contributed by atoms with Crippen molar-refractivity contribution in [2.24, 2.45) is 0 Å². The van der Waals surface area contributed by atoms with Gasteiger partial charge in [0.05, 0.1) is 11.7 Å². The Morgan fingerprint density at radius 2 is 1.89 bits per heavy atom. The first-order chi connectivity index (χ1) is 13.4. The summed E-state index contributed by atoms with van der Waals surface area (Å²) in [4.78, 5) is 17.0. The highest BCUT2D eigenvalue weighted by molar-refractivity contribution is 5.96. The molecule has 0 aliphatic heterocycles. The van der Waals surface area contributed by atoms with Crippen molar-refractivity contribution in [2.45, 2.75) is 6.92 Å². The summed E-state index contributed by atoms with van der Waals surface area (Å²) in [6.07, 6.45) is 3.36. The van der Waals surface area contributed by atoms with Crippen LogP contribution in [-0.2, 0) is 4.79 Å². The quantitative estimate of drug-likeness (QED) is 0.365. The lowest BCUT2D eigenvalue weighted by Crippen LogP contribution is -1.99. The monoisotopic (exact) mass is 378 g/mol. The first-order valence-electron chi connectivity index (χ1n) is 8.24. The molecule has 4 aromatic rings. The number of aromatic nitrogens is 4. The van der Waals surface area contributed by atoms with Crippen LogP contribution in [0.1, 0.15) is 6.92 Å². The van der Waals surface area contributed by atoms with E-state index in [1.165, 1.54) is 0 Å². The van der Waals surface area contributed by atoms with Crippen molar-refractivity contribution in [3.63, 3.8) is 0 Å². The third-order valence-electron chi connectivity index (χ3n) is 3.67. The molecule has 2 aromatic heterocycles. The number of rotatable bonds is 3. The molecule has 0 aliphatic rings. The van der Waals surface area contributed by atoms with Gasteiger partial charge < -0.3 is 21.3 Å². The molecule has 2 heterocycles. The van der Waals surface area contributed by atoms with E-state index in [9.17, 15) is 5.11 Å². The molecule has 0 bridgehead atoms. The molecule has 0 saturated heterocycles. The molecule has 0 atom stereocenters. The minimum atomic E-state index is -0.833. The van der Waals surface area contributed by atoms with Crippen LogP contribution < -0.4 is 11.1 Å². The molecule has 9 heteroatoms. The molecule has 0 fully saturated rings. The number of carboxylic acids is 1. The zero-order chi connectivity index (χ0) is 20.1. The normalized spacial score (nSPS) is 10.2. The van der Waals surface area contributed by atoms with Gasteiger partial charge in [-0.2, -0.15) is 10.1 Å². The van der Waals surface area contributed by atoms with Crippen molar-refractivity contribution in [3.05, 3.63) is 54.9 Å². The van der Waals surface area contributed by atoms with Crippen molar-refractivity contribution in [2.75, 3.05) is 11.1 Å². The van der Waals surface area contributed by atoms with Gasteiger partial charge in [0, 0.05) is 29.8 Å². The number of hydrogen-bond acceptors (Lipinski definition) is 7. The molecular weight excluding hydrogens is 360 g/mol. The molecule has 0 aliphatic carbocycles. The topological polar surface area (TPSA) is 150 Å². The molecule has 0 unspecified atom stereocenters. The van der Waals surface area contributed by atoms with E-state index in [0.29, 0.717) is 5.82 Å². The average molecular weight is 378 g/mol. The predicted octanol–water partition coefficient (Wildman–Crippen LogP) is 3.14. The molecule has 0 spiro atoms. The molecule has 6 N–H and O–H groups in total. The largest absolute Gasteiger partial charge is 0.508 e. The van der Waals surface area contributed by atoms with Crippen LogP contribution in [0.3, 0.4) is 0 Å². The number of benzene rings is 2. The molecule has 28 heavy (non-hydrogen) atoms. The zero-order valence-corrected chi connectivity index (χ0v) is 14.9. The first-order valence-corrected chi connectivity index (χ1v) is 8.24. The maximum Gasteiger partial charge on any atom is 0.300 e. The Morgan fingerprint density at radius 1 is 1.18 bits per heavy atom. The van der Waals surface area contributed by atoms with Crippen molar-refractivity contribution in [1.82, 2.24) is 20.2 Å². The van der Waals surface area contributed by atoms with Crippen molar-refractivity contribution in [1.29, 1.82) is 0 Å². The van der Waals surface area contributed by atoms with Gasteiger partial charge in [0.1, 0.15) is 11.6 Å². The number of H-pyrrole nitrogens is 1. The highest BCUT2D eigenvalue weighted by Crippen LogP contribution is 2.32. The van der Waals surface area contributed by atoms with Crippen LogP contribution >= 0.6 is 0 Å². The van der Waals surface area contributed by atoms with Crippen LogP contribution in [0, 0.1) is 0 Å². The lowest BCUT2D eigenvalue weighted by molar-refractivity contribution is -0.134. The number of hydrogen-bond donors (Lipinski definition) is 5. The molecule has 2 aromatic carbocycles. The first kappa shape index (κ1) is 18.6. The number of carboxylic acid groups (broad SMARTS) is 1. The number of carbonyl (C=O) groups is 1. The van der Waals surface area contributed by atoms with E-state index >= 15 is 0 Å². The van der Waals surface area contributed by atoms with Gasteiger partial charge in [-0.25, -0.2) is 4.98 Å². The molecular formula is C19H18N6O3. The summed E-state index contributed by atoms with van der Waals surface area (Å²) in [6, 6.07) is 12.7. The number of aliphatic carboxylic acids is 1. The van der Waals surface area contributed by atoms with Crippen LogP contribution in [0.5, 0.6) is 5.75 Å². The maximum atomic E-state index is 9.49. The van der Waals surface area contributed by atoms with Crippen molar-refractivity contribution in [3.8, 4) is 16.9 Å². The Bertz CT molecular complexity index is 1100. The Hall–Kier alpha value is -4.14. The second-order valence-electron chi connectivity index (χ2n) is 5.85. The molecule has 4 rings (SSSR count). The van der Waals surface area contributed by atoms with Gasteiger partial charge in [0.15, 0.2) is 0 Å². The summed E-state index contributed by atoms with van der Waals surface area (Å²) in [6.45, 7) is 1.08. The summed E-state index contributed by atoms with van der Waals surface area (Å²) >= 11 is 0. The maximum absolute atomic E-state index is 9.49. The summed E-state index contributed by atoms with van der Waals surface area (Å²) in [7, 11) is 0. The standard InChI is InChI=1S/C17H14N6O.C2H4O2/c18-17-19-6-5-15(22-17)21-12-7-11-9-20-23-16(11)14(8-12)10-1-3-13(24)4-2-10;1-2(3)4/h1-9,24H,(H,20,23)(H3,18,19,21,22);1H3,(H,3,4). The second kappa shape index (κ2) is 8.04. The number of aromatic amines is 1. The van der Waals surface area contributed by atoms with E-state index in [-0.39, 0.29) is 11.7 Å². The fourth-order valence-electron chi connectivity index (χ4n) is 2.59. The van der Waals surface area contributed by atoms with Gasteiger partial charge in [0.2, 0.25) is 5.95 Å². The lowest BCUT2D eigenvalue weighted by Gasteiger charge is -2.10. The van der Waals surface area contributed by atoms with Gasteiger partial charge in [-0.05, 0) is 35.9 Å². The van der Waals surface area contributed by atoms with E-state index < -0.39 is 5.97 Å². The third kappa shape index (κ3) is 4.52. The lowest BCUT2D eigenvalue weighted by atomic mass is 10.0. The third-order valence-corrected chi connectivity index (χ3v) is 3.67. The molecule has 0 saturated carbocycles. The van der Waals surface area contributed by atoms with E-state index in [4.69, 9.17) is 15.6 Å². The number of fused-ring (bicyclic) bond motifs is 1. The summed E-state index contributed by atoms with van der Waals surface area (Å²) in [5.41, 5.74) is 9.33. The van der Waals surface area contributed by atoms with Gasteiger partial charge in [0.25, 0.3) is 5.97 Å². The minimum Gasteiger partial charge on any atom is -0.508 e. The summed E-state index contributed by atoms with van der Waals surface area (Å²) in [5.74, 6) is 0.218. The Labute approximate surface area is 159 Å². The molecule has 0 amide bonds. The number of anilines is 3. The van der Waals surface area contributed by atoms with Crippen molar-refractivity contribution < 1.29 is 15.0 Å². The van der Waals surface area contributed by atoms with E-state index in [2.05, 4.69) is 25.5 Å². The SMILES string of the molecule is CC(=O)O.Nc1nccc(Nc2cc(-c3ccc(O)cc3)c3[nH]ncc3c2)n1. The fourth-order valence-corrected chi connectivity index (χ4v) is 2.59. The van der Waals surface area contributed by atoms with E-state index in [0.717, 1.165) is 34.6 Å². The van der Waals surface area contributed by atoms with Gasteiger partial charge in [-0.1, -0.05) is 12.1 Å². The summed E-state index contributed by atoms with van der Waals surface area (Å²) in [5, 5.41) is 28.2. The van der Waals surface area contributed by atoms with Gasteiger partial charge in [-0.15, -0.1) is 0 Å². The minimum absolute atomic E-state index is 0.211. The smallest absolute Gasteiger partial charge is 0.300 e. The number of nitrogens with two attached hydrogens (primary N) is 1. The highest BCUT2D eigenvalue weighted by atomic mass is 16.4. The number of phenolic OH excluding ortho intramolecular Hbond substituents is 1. The Morgan fingerprint density at radius 3 is 2.57 bits per heavy atom. The van der Waals surface area contributed by atoms with Crippen LogP contribution in [0.4, 0.5) is 17.5 Å². The van der Waals surface area contributed by atoms with E-state index in [1.54, 1.807) is 30.6 Å². The highest BCUT2D eigenvalue weighted by Gasteiger charge is 2.09. The second-order valence-corrected chi connectivity index (χ2v) is 5.85. The predicted molar refractivity (Wildman–Crippen MR) is 106 cm³/mol. The van der Waals surface area contributed by atoms with Gasteiger partial charge in [-0.3, -0.25) is 9.89 Å². The zero-order valence-electron chi connectivity index (χ0n) is 14.9. The number of nitrogens with one attached hydrogen (secondary N) is 2. The number of nitrogen functional groups attached to an aromatic ring is 1. The molecule has 142 valence electrons.